The first-order valence-corrected chi connectivity index (χ1v) is 10.9. The third-order valence-corrected chi connectivity index (χ3v) is 5.58. The van der Waals surface area contributed by atoms with E-state index in [-0.39, 0.29) is 36.4 Å². The zero-order valence-corrected chi connectivity index (χ0v) is 18.7. The van der Waals surface area contributed by atoms with Crippen molar-refractivity contribution in [1.29, 1.82) is 0 Å². The summed E-state index contributed by atoms with van der Waals surface area (Å²) in [6, 6.07) is 18.4. The fourth-order valence-electron chi connectivity index (χ4n) is 3.52. The molecule has 2 aromatic rings. The SMILES string of the molecule is C[C@H](C(=O)CCC(=O)C(CC(=O)P)Cc1ccccc1)C([B]c1ccccc1)C(=O)O. The van der Waals surface area contributed by atoms with Gasteiger partial charge in [-0.3, -0.25) is 19.2 Å². The van der Waals surface area contributed by atoms with E-state index >= 15 is 0 Å². The molecule has 1 N–H and O–H groups in total. The van der Waals surface area contributed by atoms with Crippen molar-refractivity contribution in [2.45, 2.75) is 38.4 Å². The van der Waals surface area contributed by atoms with Gasteiger partial charge in [0.05, 0.1) is 0 Å². The van der Waals surface area contributed by atoms with E-state index in [0.29, 0.717) is 6.42 Å². The van der Waals surface area contributed by atoms with Gasteiger partial charge in [0.1, 0.15) is 17.1 Å². The summed E-state index contributed by atoms with van der Waals surface area (Å²) in [5.41, 5.74) is 1.53. The molecule has 4 atom stereocenters. The maximum Gasteiger partial charge on any atom is 0.299 e. The van der Waals surface area contributed by atoms with Crippen molar-refractivity contribution in [3.8, 4) is 0 Å². The topological polar surface area (TPSA) is 88.5 Å². The molecule has 0 heterocycles. The molecule has 0 fully saturated rings. The molecular formula is C24H27BO5P. The molecule has 3 unspecified atom stereocenters. The molecule has 2 aromatic carbocycles. The first-order valence-electron chi connectivity index (χ1n) is 10.3. The van der Waals surface area contributed by atoms with Gasteiger partial charge in [0, 0.05) is 36.9 Å². The highest BCUT2D eigenvalue weighted by Gasteiger charge is 2.31. The van der Waals surface area contributed by atoms with Crippen LogP contribution >= 0.6 is 9.24 Å². The highest BCUT2D eigenvalue weighted by atomic mass is 31.0. The number of carboxylic acids is 1. The van der Waals surface area contributed by atoms with Crippen LogP contribution in [0.5, 0.6) is 0 Å². The molecule has 0 saturated carbocycles. The van der Waals surface area contributed by atoms with E-state index in [1.165, 1.54) is 0 Å². The zero-order valence-electron chi connectivity index (χ0n) is 17.6. The van der Waals surface area contributed by atoms with Gasteiger partial charge in [-0.05, 0) is 12.0 Å². The summed E-state index contributed by atoms with van der Waals surface area (Å²) in [6.45, 7) is 1.58. The van der Waals surface area contributed by atoms with Crippen molar-refractivity contribution in [3.63, 3.8) is 0 Å². The van der Waals surface area contributed by atoms with Crippen LogP contribution in [-0.4, -0.2) is 35.4 Å². The van der Waals surface area contributed by atoms with E-state index in [1.807, 2.05) is 36.4 Å². The number of hydrogen-bond acceptors (Lipinski definition) is 4. The fourth-order valence-corrected chi connectivity index (χ4v) is 3.81. The number of carbonyl (C=O) groups excluding carboxylic acids is 3. The maximum atomic E-state index is 12.8. The second-order valence-electron chi connectivity index (χ2n) is 7.72. The van der Waals surface area contributed by atoms with Crippen LogP contribution in [0.3, 0.4) is 0 Å². The Bertz CT molecular complexity index is 901. The van der Waals surface area contributed by atoms with Crippen molar-refractivity contribution in [2.24, 2.45) is 11.8 Å². The first kappa shape index (κ1) is 24.7. The first-order chi connectivity index (χ1) is 14.8. The Morgan fingerprint density at radius 2 is 1.45 bits per heavy atom. The van der Waals surface area contributed by atoms with Crippen LogP contribution in [0.2, 0.25) is 5.82 Å². The lowest BCUT2D eigenvalue weighted by Gasteiger charge is -2.19. The van der Waals surface area contributed by atoms with Crippen LogP contribution in [0, 0.1) is 11.8 Å². The molecule has 0 bridgehead atoms. The Balaban J connectivity index is 1.99. The van der Waals surface area contributed by atoms with Crippen LogP contribution in [0.25, 0.3) is 0 Å². The largest absolute Gasteiger partial charge is 0.482 e. The molecular weight excluding hydrogens is 410 g/mol. The van der Waals surface area contributed by atoms with E-state index in [4.69, 9.17) is 0 Å². The van der Waals surface area contributed by atoms with Gasteiger partial charge in [-0.15, -0.1) is 0 Å². The summed E-state index contributed by atoms with van der Waals surface area (Å²) < 4.78 is 0. The molecule has 0 aliphatic rings. The Hall–Kier alpha value is -2.59. The van der Waals surface area contributed by atoms with Crippen LogP contribution in [0.15, 0.2) is 60.7 Å². The van der Waals surface area contributed by atoms with Crippen LogP contribution in [-0.2, 0) is 25.6 Å². The second-order valence-corrected chi connectivity index (χ2v) is 8.36. The molecule has 1 radical (unpaired) electrons. The molecule has 0 aliphatic carbocycles. The van der Waals surface area contributed by atoms with Gasteiger partial charge in [0.15, 0.2) is 7.28 Å². The van der Waals surface area contributed by atoms with E-state index in [2.05, 4.69) is 9.24 Å². The summed E-state index contributed by atoms with van der Waals surface area (Å²) >= 11 is 0. The third kappa shape index (κ3) is 8.22. The van der Waals surface area contributed by atoms with Crippen LogP contribution in [0.4, 0.5) is 0 Å². The Kier molecular flexibility index (Phi) is 9.80. The third-order valence-electron chi connectivity index (χ3n) is 5.35. The number of carboxylic acid groups (broad SMARTS) is 1. The van der Waals surface area contributed by atoms with E-state index in [1.54, 1.807) is 38.5 Å². The maximum absolute atomic E-state index is 12.8. The van der Waals surface area contributed by atoms with Crippen LogP contribution < -0.4 is 5.46 Å². The highest BCUT2D eigenvalue weighted by molar-refractivity contribution is 7.40. The lowest BCUT2D eigenvalue weighted by Crippen LogP contribution is -2.33. The Labute approximate surface area is 186 Å². The van der Waals surface area contributed by atoms with Crippen molar-refractivity contribution in [1.82, 2.24) is 0 Å². The molecule has 2 rings (SSSR count). The Morgan fingerprint density at radius 1 is 0.903 bits per heavy atom. The second kappa shape index (κ2) is 12.3. The standard InChI is InChI=1S/C24H27BO5P/c1-16(23(24(29)30)25-19-10-6-3-7-11-19)20(26)12-13-21(27)18(15-22(28)31)14-17-8-4-2-5-9-17/h2-11,16,18,23H,12-15,31H2,1H3,(H,29,30)/t16-,18?,23?/m1/s1. The van der Waals surface area contributed by atoms with Gasteiger partial charge >= 0.3 is 0 Å². The summed E-state index contributed by atoms with van der Waals surface area (Å²) in [5, 5.41) is 9.59. The van der Waals surface area contributed by atoms with E-state index < -0.39 is 23.6 Å². The molecule has 0 aliphatic heterocycles. The number of Topliss-reactive ketones (excluding diaryl/α,β-unsaturated/α-hetero) is 2. The van der Waals surface area contributed by atoms with E-state index in [0.717, 1.165) is 11.0 Å². The summed E-state index contributed by atoms with van der Waals surface area (Å²) in [4.78, 5) is 48.8. The van der Waals surface area contributed by atoms with Gasteiger partial charge in [-0.1, -0.05) is 82.3 Å². The smallest absolute Gasteiger partial charge is 0.299 e. The van der Waals surface area contributed by atoms with Gasteiger partial charge in [-0.25, -0.2) is 0 Å². The zero-order chi connectivity index (χ0) is 22.8. The van der Waals surface area contributed by atoms with Crippen molar-refractivity contribution < 1.29 is 24.3 Å². The molecule has 0 spiro atoms. The molecule has 7 heteroatoms. The van der Waals surface area contributed by atoms with Gasteiger partial charge in [0.2, 0.25) is 0 Å². The molecule has 5 nitrogen and oxygen atoms in total. The van der Waals surface area contributed by atoms with Crippen LogP contribution in [0.1, 0.15) is 31.7 Å². The fraction of sp³-hybridized carbons (Fsp3) is 0.333. The lowest BCUT2D eigenvalue weighted by atomic mass is 9.54. The van der Waals surface area contributed by atoms with Gasteiger partial charge < -0.3 is 5.11 Å². The van der Waals surface area contributed by atoms with Gasteiger partial charge in [-0.2, -0.15) is 0 Å². The monoisotopic (exact) mass is 437 g/mol. The molecule has 0 saturated heterocycles. The quantitative estimate of drug-likeness (QED) is 0.384. The van der Waals surface area contributed by atoms with Crippen molar-refractivity contribution in [2.75, 3.05) is 0 Å². The molecule has 0 aromatic heterocycles. The number of hydrogen-bond donors (Lipinski definition) is 1. The highest BCUT2D eigenvalue weighted by Crippen LogP contribution is 2.23. The van der Waals surface area contributed by atoms with Crippen molar-refractivity contribution in [3.05, 3.63) is 66.2 Å². The minimum absolute atomic E-state index is 0.00367. The number of aliphatic carboxylic acids is 1. The summed E-state index contributed by atoms with van der Waals surface area (Å²) in [5.74, 6) is -3.74. The molecule has 0 amide bonds. The lowest BCUT2D eigenvalue weighted by molar-refractivity contribution is -0.140. The number of ketones is 2. The summed E-state index contributed by atoms with van der Waals surface area (Å²) in [7, 11) is 3.66. The number of benzene rings is 2. The number of rotatable bonds is 13. The number of carbonyl (C=O) groups is 4. The van der Waals surface area contributed by atoms with Crippen molar-refractivity contribution >= 4 is 45.0 Å². The average Bonchev–Trinajstić information content (AvgIpc) is 2.75. The predicted octanol–water partition coefficient (Wildman–Crippen LogP) is 3.09. The predicted molar refractivity (Wildman–Crippen MR) is 125 cm³/mol. The van der Waals surface area contributed by atoms with E-state index in [9.17, 15) is 24.3 Å². The summed E-state index contributed by atoms with van der Waals surface area (Å²) in [6.07, 6.45) is 0.490. The minimum atomic E-state index is -1.08. The normalized spacial score (nSPS) is 13.6. The minimum Gasteiger partial charge on any atom is -0.482 e. The average molecular weight is 437 g/mol. The van der Waals surface area contributed by atoms with Gasteiger partial charge in [0.25, 0.3) is 5.97 Å². The Morgan fingerprint density at radius 3 is 2.00 bits per heavy atom. The molecule has 161 valence electrons. The molecule has 31 heavy (non-hydrogen) atoms.